The van der Waals surface area contributed by atoms with Crippen LogP contribution in [0.25, 0.3) is 17.4 Å². The van der Waals surface area contributed by atoms with Crippen molar-refractivity contribution in [2.45, 2.75) is 59.4 Å². The number of carbonyl (C=O) groups excluding carboxylic acids is 2. The molecule has 38 heavy (non-hydrogen) atoms. The van der Waals surface area contributed by atoms with Crippen molar-refractivity contribution in [3.63, 3.8) is 0 Å². The lowest BCUT2D eigenvalue weighted by molar-refractivity contribution is -0.145. The van der Waals surface area contributed by atoms with Gasteiger partial charge in [0.25, 0.3) is 5.91 Å². The fraction of sp³-hybridized carbons (Fsp3) is 0.483. The van der Waals surface area contributed by atoms with E-state index in [4.69, 9.17) is 30.8 Å². The van der Waals surface area contributed by atoms with E-state index in [9.17, 15) is 9.59 Å². The zero-order chi connectivity index (χ0) is 28.1. The van der Waals surface area contributed by atoms with Gasteiger partial charge in [0.1, 0.15) is 11.5 Å². The zero-order valence-corrected chi connectivity index (χ0v) is 24.8. The molecule has 9 heteroatoms. The number of benzene rings is 1. The number of ether oxygens (including phenoxy) is 3. The maximum absolute atomic E-state index is 13.3. The van der Waals surface area contributed by atoms with E-state index in [0.717, 1.165) is 31.2 Å². The molecule has 208 valence electrons. The van der Waals surface area contributed by atoms with E-state index >= 15 is 0 Å². The van der Waals surface area contributed by atoms with E-state index in [-0.39, 0.29) is 25.2 Å². The molecule has 0 N–H and O–H groups in total. The SMILES string of the molecule is CCCC(CC)CC(C)N(C)C(=O)/C(=C/c1ccc(-c2ccc(OC)c(OCC(=O)OCC)c2)o1)SC=S. The van der Waals surface area contributed by atoms with Crippen molar-refractivity contribution < 1.29 is 28.2 Å². The van der Waals surface area contributed by atoms with E-state index < -0.39 is 5.97 Å². The van der Waals surface area contributed by atoms with E-state index in [0.29, 0.717) is 33.8 Å². The van der Waals surface area contributed by atoms with Gasteiger partial charge < -0.3 is 23.5 Å². The minimum Gasteiger partial charge on any atom is -0.493 e. The van der Waals surface area contributed by atoms with Gasteiger partial charge in [-0.15, -0.1) is 0 Å². The number of likely N-dealkylation sites (N-methyl/N-ethyl adjacent to an activating group) is 1. The molecule has 2 unspecified atom stereocenters. The van der Waals surface area contributed by atoms with Crippen LogP contribution in [0.5, 0.6) is 11.5 Å². The lowest BCUT2D eigenvalue weighted by Gasteiger charge is -2.28. The van der Waals surface area contributed by atoms with Gasteiger partial charge in [-0.2, -0.15) is 0 Å². The molecule has 0 fully saturated rings. The summed E-state index contributed by atoms with van der Waals surface area (Å²) in [7, 11) is 3.37. The predicted octanol–water partition coefficient (Wildman–Crippen LogP) is 6.99. The molecule has 1 aromatic heterocycles. The van der Waals surface area contributed by atoms with Gasteiger partial charge in [0.05, 0.1) is 18.6 Å². The normalized spacial score (nSPS) is 12.9. The molecular formula is C29H39NO6S2. The van der Waals surface area contributed by atoms with Crippen molar-refractivity contribution in [1.29, 1.82) is 0 Å². The molecule has 0 spiro atoms. The molecule has 2 atom stereocenters. The summed E-state index contributed by atoms with van der Waals surface area (Å²) in [5, 5.41) is 0. The zero-order valence-electron chi connectivity index (χ0n) is 23.2. The number of esters is 1. The third-order valence-corrected chi connectivity index (χ3v) is 7.25. The maximum Gasteiger partial charge on any atom is 0.344 e. The van der Waals surface area contributed by atoms with Crippen LogP contribution in [-0.2, 0) is 14.3 Å². The number of amides is 1. The molecule has 2 rings (SSSR count). The van der Waals surface area contributed by atoms with E-state index in [1.54, 1.807) is 36.1 Å². The molecule has 1 heterocycles. The van der Waals surface area contributed by atoms with Crippen LogP contribution in [0.3, 0.4) is 0 Å². The highest BCUT2D eigenvalue weighted by molar-refractivity contribution is 8.24. The number of thiocarbonyl (C=S) groups is 1. The van der Waals surface area contributed by atoms with Crippen LogP contribution in [0.2, 0.25) is 0 Å². The Hall–Kier alpha value is -2.78. The van der Waals surface area contributed by atoms with Gasteiger partial charge >= 0.3 is 5.97 Å². The number of rotatable bonds is 16. The van der Waals surface area contributed by atoms with E-state index in [1.807, 2.05) is 19.2 Å². The molecule has 0 aliphatic rings. The lowest BCUT2D eigenvalue weighted by Crippen LogP contribution is -2.36. The lowest BCUT2D eigenvalue weighted by atomic mass is 9.93. The summed E-state index contributed by atoms with van der Waals surface area (Å²) in [4.78, 5) is 27.3. The number of methoxy groups -OCH3 is 1. The highest BCUT2D eigenvalue weighted by atomic mass is 32.2. The molecule has 0 bridgehead atoms. The first-order valence-electron chi connectivity index (χ1n) is 12.9. The number of hydrogen-bond acceptors (Lipinski definition) is 8. The van der Waals surface area contributed by atoms with Crippen LogP contribution in [0.15, 0.2) is 39.7 Å². The number of hydrogen-bond donors (Lipinski definition) is 0. The van der Waals surface area contributed by atoms with Crippen molar-refractivity contribution in [3.05, 3.63) is 41.0 Å². The summed E-state index contributed by atoms with van der Waals surface area (Å²) in [5.74, 6) is 2.01. The minimum absolute atomic E-state index is 0.0907. The van der Waals surface area contributed by atoms with Crippen LogP contribution >= 0.6 is 24.0 Å². The van der Waals surface area contributed by atoms with Gasteiger partial charge in [-0.05, 0) is 56.5 Å². The standard InChI is InChI=1S/C29H39NO6S2/c1-7-10-21(8-2)15-20(4)30(5)29(32)27(38-19-37)17-23-12-14-24(36-23)22-11-13-25(33-6)26(16-22)35-18-28(31)34-9-3/h11-14,16-17,19-21H,7-10,15,18H2,1-6H3/b27-17-. The van der Waals surface area contributed by atoms with Crippen LogP contribution in [0.1, 0.15) is 59.1 Å². The average Bonchev–Trinajstić information content (AvgIpc) is 3.39. The van der Waals surface area contributed by atoms with Gasteiger partial charge in [0.2, 0.25) is 0 Å². The monoisotopic (exact) mass is 561 g/mol. The summed E-state index contributed by atoms with van der Waals surface area (Å²) in [5.41, 5.74) is 0.729. The van der Waals surface area contributed by atoms with Crippen molar-refractivity contribution in [1.82, 2.24) is 4.90 Å². The van der Waals surface area contributed by atoms with E-state index in [1.165, 1.54) is 23.6 Å². The molecule has 0 radical (unpaired) electrons. The third-order valence-electron chi connectivity index (χ3n) is 6.32. The average molecular weight is 562 g/mol. The Morgan fingerprint density at radius 3 is 2.55 bits per heavy atom. The van der Waals surface area contributed by atoms with Crippen molar-refractivity contribution in [3.8, 4) is 22.8 Å². The largest absolute Gasteiger partial charge is 0.493 e. The first-order chi connectivity index (χ1) is 18.3. The smallest absolute Gasteiger partial charge is 0.344 e. The van der Waals surface area contributed by atoms with Gasteiger partial charge in [-0.1, -0.05) is 57.1 Å². The Bertz CT molecular complexity index is 1100. The Morgan fingerprint density at radius 1 is 1.16 bits per heavy atom. The number of thioether (sulfide) groups is 1. The fourth-order valence-electron chi connectivity index (χ4n) is 4.11. The van der Waals surface area contributed by atoms with Crippen LogP contribution in [-0.4, -0.2) is 54.9 Å². The Kier molecular flexibility index (Phi) is 13.4. The highest BCUT2D eigenvalue weighted by Gasteiger charge is 2.22. The van der Waals surface area contributed by atoms with Crippen LogP contribution in [0.4, 0.5) is 0 Å². The second kappa shape index (κ2) is 16.2. The molecule has 0 saturated carbocycles. The Morgan fingerprint density at radius 2 is 1.92 bits per heavy atom. The van der Waals surface area contributed by atoms with E-state index in [2.05, 4.69) is 20.8 Å². The van der Waals surface area contributed by atoms with Gasteiger partial charge in [0.15, 0.2) is 18.1 Å². The molecular weight excluding hydrogens is 522 g/mol. The second-order valence-corrected chi connectivity index (χ2v) is 10.4. The maximum atomic E-state index is 13.3. The summed E-state index contributed by atoms with van der Waals surface area (Å²) in [6, 6.07) is 9.02. The van der Waals surface area contributed by atoms with Crippen molar-refractivity contribution in [2.75, 3.05) is 27.4 Å². The fourth-order valence-corrected chi connectivity index (χ4v) is 4.95. The van der Waals surface area contributed by atoms with Gasteiger partial charge in [0, 0.05) is 29.4 Å². The summed E-state index contributed by atoms with van der Waals surface area (Å²) < 4.78 is 23.4. The van der Waals surface area contributed by atoms with Gasteiger partial charge in [-0.25, -0.2) is 4.79 Å². The number of carbonyl (C=O) groups is 2. The number of nitrogens with zero attached hydrogens (tertiary/aromatic N) is 1. The van der Waals surface area contributed by atoms with Gasteiger partial charge in [-0.3, -0.25) is 4.79 Å². The molecule has 0 aliphatic heterocycles. The Labute approximate surface area is 235 Å². The quantitative estimate of drug-likeness (QED) is 0.123. The molecule has 0 saturated heterocycles. The second-order valence-electron chi connectivity index (χ2n) is 8.95. The molecule has 1 amide bonds. The van der Waals surface area contributed by atoms with Crippen molar-refractivity contribution in [2.24, 2.45) is 5.92 Å². The molecule has 0 aliphatic carbocycles. The van der Waals surface area contributed by atoms with Crippen LogP contribution < -0.4 is 9.47 Å². The summed E-state index contributed by atoms with van der Waals surface area (Å²) in [6.45, 7) is 8.27. The van der Waals surface area contributed by atoms with Crippen LogP contribution in [0, 0.1) is 5.92 Å². The summed E-state index contributed by atoms with van der Waals surface area (Å²) >= 11 is 6.26. The summed E-state index contributed by atoms with van der Waals surface area (Å²) in [6.07, 6.45) is 6.09. The molecule has 2 aromatic rings. The third kappa shape index (κ3) is 9.20. The molecule has 1 aromatic carbocycles. The number of furan rings is 1. The van der Waals surface area contributed by atoms with Crippen molar-refractivity contribution >= 4 is 46.6 Å². The molecule has 7 nitrogen and oxygen atoms in total. The predicted molar refractivity (Wildman–Crippen MR) is 158 cm³/mol. The minimum atomic E-state index is -0.464. The Balaban J connectivity index is 2.23. The first kappa shape index (κ1) is 31.4. The highest BCUT2D eigenvalue weighted by Crippen LogP contribution is 2.34. The topological polar surface area (TPSA) is 78.2 Å². The first-order valence-corrected chi connectivity index (χ1v) is 14.3.